The number of carbonyl (C=O) groups is 2. The Hall–Kier alpha value is -4.04. The first kappa shape index (κ1) is 19.9. The van der Waals surface area contributed by atoms with Crippen LogP contribution in [0.2, 0.25) is 0 Å². The molecule has 2 aromatic carbocycles. The number of fused-ring (bicyclic) bond motifs is 1. The Balaban J connectivity index is 1.71. The topological polar surface area (TPSA) is 92.6 Å². The van der Waals surface area contributed by atoms with Crippen LogP contribution in [0.4, 0.5) is 5.13 Å². The Kier molecular flexibility index (Phi) is 4.91. The number of ether oxygens (including phenoxy) is 1. The first-order valence-electron chi connectivity index (χ1n) is 9.79. The lowest BCUT2D eigenvalue weighted by Gasteiger charge is -2.22. The van der Waals surface area contributed by atoms with Crippen molar-refractivity contribution in [2.45, 2.75) is 6.04 Å². The Bertz CT molecular complexity index is 1370. The van der Waals surface area contributed by atoms with Gasteiger partial charge in [0.15, 0.2) is 5.13 Å². The van der Waals surface area contributed by atoms with Crippen molar-refractivity contribution in [2.24, 2.45) is 0 Å². The molecule has 1 N–H and O–H groups in total. The van der Waals surface area contributed by atoms with E-state index >= 15 is 0 Å². The molecule has 1 amide bonds. The maximum Gasteiger partial charge on any atom is 0.301 e. The van der Waals surface area contributed by atoms with Crippen molar-refractivity contribution >= 4 is 44.1 Å². The Morgan fingerprint density at radius 3 is 2.53 bits per heavy atom. The van der Waals surface area contributed by atoms with Gasteiger partial charge in [-0.15, -0.1) is 0 Å². The smallest absolute Gasteiger partial charge is 0.301 e. The van der Waals surface area contributed by atoms with Gasteiger partial charge < -0.3 is 9.84 Å². The number of aromatic nitrogens is 2. The van der Waals surface area contributed by atoms with Gasteiger partial charge in [0.25, 0.3) is 5.78 Å². The van der Waals surface area contributed by atoms with Crippen LogP contribution in [0, 0.1) is 0 Å². The molecule has 5 rings (SSSR count). The molecule has 3 heterocycles. The van der Waals surface area contributed by atoms with Gasteiger partial charge in [0, 0.05) is 18.0 Å². The van der Waals surface area contributed by atoms with Gasteiger partial charge in [-0.2, -0.15) is 0 Å². The molecule has 1 atom stereocenters. The van der Waals surface area contributed by atoms with E-state index in [4.69, 9.17) is 4.74 Å². The second-order valence-corrected chi connectivity index (χ2v) is 8.15. The maximum atomic E-state index is 13.2. The van der Waals surface area contributed by atoms with Gasteiger partial charge in [-0.05, 0) is 35.9 Å². The first-order chi connectivity index (χ1) is 15.6. The first-order valence-corrected chi connectivity index (χ1v) is 10.6. The van der Waals surface area contributed by atoms with Crippen LogP contribution in [0.5, 0.6) is 5.75 Å². The van der Waals surface area contributed by atoms with E-state index < -0.39 is 17.7 Å². The van der Waals surface area contributed by atoms with Gasteiger partial charge >= 0.3 is 5.91 Å². The number of methoxy groups -OCH3 is 1. The number of rotatable bonds is 4. The zero-order chi connectivity index (χ0) is 22.2. The highest BCUT2D eigenvalue weighted by Gasteiger charge is 2.48. The Morgan fingerprint density at radius 2 is 1.81 bits per heavy atom. The lowest BCUT2D eigenvalue weighted by Crippen LogP contribution is -2.29. The molecule has 7 nitrogen and oxygen atoms in total. The van der Waals surface area contributed by atoms with Crippen molar-refractivity contribution < 1.29 is 19.4 Å². The van der Waals surface area contributed by atoms with Gasteiger partial charge in [0.1, 0.15) is 11.5 Å². The molecule has 1 unspecified atom stereocenters. The fraction of sp³-hybridized carbons (Fsp3) is 0.0833. The third-order valence-corrected chi connectivity index (χ3v) is 6.32. The molecule has 4 aromatic rings. The summed E-state index contributed by atoms with van der Waals surface area (Å²) < 4.78 is 6.10. The van der Waals surface area contributed by atoms with Crippen molar-refractivity contribution in [1.29, 1.82) is 0 Å². The summed E-state index contributed by atoms with van der Waals surface area (Å²) in [6.45, 7) is 0. The highest BCUT2D eigenvalue weighted by Crippen LogP contribution is 2.44. The van der Waals surface area contributed by atoms with Crippen molar-refractivity contribution in [1.82, 2.24) is 9.97 Å². The molecule has 1 saturated heterocycles. The van der Waals surface area contributed by atoms with E-state index in [0.717, 1.165) is 4.70 Å². The molecule has 1 aliphatic heterocycles. The van der Waals surface area contributed by atoms with Gasteiger partial charge in [0.2, 0.25) is 0 Å². The van der Waals surface area contributed by atoms with E-state index in [-0.39, 0.29) is 11.3 Å². The summed E-state index contributed by atoms with van der Waals surface area (Å²) in [5.41, 5.74) is 1.81. The van der Waals surface area contributed by atoms with E-state index in [2.05, 4.69) is 9.97 Å². The number of Topliss-reactive ketones (excluding diaryl/α,β-unsaturated/α-hetero) is 1. The van der Waals surface area contributed by atoms with Crippen LogP contribution in [0.15, 0.2) is 78.6 Å². The number of ketones is 1. The number of aliphatic hydroxyl groups is 1. The zero-order valence-electron chi connectivity index (χ0n) is 16.9. The number of aliphatic hydroxyl groups excluding tert-OH is 1. The van der Waals surface area contributed by atoms with Crippen molar-refractivity contribution in [2.75, 3.05) is 12.0 Å². The number of hydrogen-bond acceptors (Lipinski definition) is 7. The van der Waals surface area contributed by atoms with E-state index in [1.807, 2.05) is 12.1 Å². The molecular weight excluding hydrogens is 426 g/mol. The van der Waals surface area contributed by atoms with Gasteiger partial charge in [-0.1, -0.05) is 41.7 Å². The second kappa shape index (κ2) is 7.90. The van der Waals surface area contributed by atoms with Crippen LogP contribution in [-0.2, 0) is 9.59 Å². The van der Waals surface area contributed by atoms with Crippen LogP contribution in [-0.4, -0.2) is 33.9 Å². The maximum absolute atomic E-state index is 13.2. The number of hydrogen-bond donors (Lipinski definition) is 1. The van der Waals surface area contributed by atoms with Crippen LogP contribution in [0.1, 0.15) is 17.2 Å². The minimum absolute atomic E-state index is 0.0178. The molecule has 0 saturated carbocycles. The van der Waals surface area contributed by atoms with E-state index in [9.17, 15) is 14.7 Å². The second-order valence-electron chi connectivity index (χ2n) is 7.15. The minimum Gasteiger partial charge on any atom is -0.507 e. The molecule has 0 aliphatic carbocycles. The molecule has 8 heteroatoms. The molecule has 0 radical (unpaired) electrons. The Labute approximate surface area is 187 Å². The molecule has 2 aromatic heterocycles. The number of carbonyl (C=O) groups excluding carboxylic acids is 2. The SMILES string of the molecule is COc1ccc2nc(N3C(=O)C(=O)C(=C(O)c4ccccc4)C3c3ccncc3)sc2c1. The van der Waals surface area contributed by atoms with Gasteiger partial charge in [-0.25, -0.2) is 4.98 Å². The summed E-state index contributed by atoms with van der Waals surface area (Å²) in [4.78, 5) is 36.3. The fourth-order valence-electron chi connectivity index (χ4n) is 3.77. The summed E-state index contributed by atoms with van der Waals surface area (Å²) >= 11 is 1.28. The summed E-state index contributed by atoms with van der Waals surface area (Å²) in [7, 11) is 1.58. The standard InChI is InChI=1S/C24H17N3O4S/c1-31-16-7-8-17-18(13-16)32-24(26-17)27-20(14-9-11-25-12-10-14)19(22(29)23(27)30)21(28)15-5-3-2-4-6-15/h2-13,20,28H,1H3. The van der Waals surface area contributed by atoms with Crippen molar-refractivity contribution in [3.8, 4) is 5.75 Å². The molecular formula is C24H17N3O4S. The molecule has 158 valence electrons. The number of benzene rings is 2. The highest BCUT2D eigenvalue weighted by molar-refractivity contribution is 7.22. The van der Waals surface area contributed by atoms with E-state index in [0.29, 0.717) is 27.5 Å². The van der Waals surface area contributed by atoms with Crippen molar-refractivity contribution in [3.63, 3.8) is 0 Å². The van der Waals surface area contributed by atoms with Crippen LogP contribution in [0.25, 0.3) is 16.0 Å². The summed E-state index contributed by atoms with van der Waals surface area (Å²) in [6, 6.07) is 16.7. The number of thiazole rings is 1. The molecule has 0 spiro atoms. The average Bonchev–Trinajstić information content (AvgIpc) is 3.37. The largest absolute Gasteiger partial charge is 0.507 e. The average molecular weight is 443 g/mol. The number of nitrogens with zero attached hydrogens (tertiary/aromatic N) is 3. The normalized spacial score (nSPS) is 17.8. The molecule has 1 aliphatic rings. The van der Waals surface area contributed by atoms with Gasteiger partial charge in [0.05, 0.1) is 28.9 Å². The number of amides is 1. The van der Waals surface area contributed by atoms with E-state index in [1.165, 1.54) is 16.2 Å². The lowest BCUT2D eigenvalue weighted by atomic mass is 9.96. The summed E-state index contributed by atoms with van der Waals surface area (Å²) in [6.07, 6.45) is 3.17. The predicted octanol–water partition coefficient (Wildman–Crippen LogP) is 4.33. The summed E-state index contributed by atoms with van der Waals surface area (Å²) in [5.74, 6) is -1.05. The third kappa shape index (κ3) is 3.21. The van der Waals surface area contributed by atoms with Crippen molar-refractivity contribution in [3.05, 3.63) is 89.8 Å². The zero-order valence-corrected chi connectivity index (χ0v) is 17.7. The Morgan fingerprint density at radius 1 is 1.06 bits per heavy atom. The van der Waals surface area contributed by atoms with Crippen LogP contribution >= 0.6 is 11.3 Å². The minimum atomic E-state index is -0.833. The van der Waals surface area contributed by atoms with Crippen LogP contribution < -0.4 is 9.64 Å². The third-order valence-electron chi connectivity index (χ3n) is 5.30. The monoisotopic (exact) mass is 443 g/mol. The van der Waals surface area contributed by atoms with E-state index in [1.54, 1.807) is 68.0 Å². The molecule has 1 fully saturated rings. The highest BCUT2D eigenvalue weighted by atomic mass is 32.1. The fourth-order valence-corrected chi connectivity index (χ4v) is 4.79. The number of pyridine rings is 1. The van der Waals surface area contributed by atoms with Gasteiger partial charge in [-0.3, -0.25) is 19.5 Å². The number of anilines is 1. The predicted molar refractivity (Wildman–Crippen MR) is 122 cm³/mol. The lowest BCUT2D eigenvalue weighted by molar-refractivity contribution is -0.132. The molecule has 0 bridgehead atoms. The quantitative estimate of drug-likeness (QED) is 0.287. The van der Waals surface area contributed by atoms with Crippen LogP contribution in [0.3, 0.4) is 0 Å². The summed E-state index contributed by atoms with van der Waals surface area (Å²) in [5, 5.41) is 11.4. The molecule has 32 heavy (non-hydrogen) atoms.